The number of nitrogens with zero attached hydrogens (tertiary/aromatic N) is 1. The van der Waals surface area contributed by atoms with E-state index in [1.54, 1.807) is 0 Å². The van der Waals surface area contributed by atoms with Gasteiger partial charge in [-0.3, -0.25) is 0 Å². The molecule has 5 nitrogen and oxygen atoms in total. The molecule has 0 saturated carbocycles. The molecular formula is C20H30N2O3. The molecule has 0 spiro atoms. The molecular weight excluding hydrogens is 316 g/mol. The van der Waals surface area contributed by atoms with Crippen molar-refractivity contribution in [2.75, 3.05) is 5.32 Å². The zero-order valence-electron chi connectivity index (χ0n) is 15.5. The van der Waals surface area contributed by atoms with Gasteiger partial charge in [-0.15, -0.1) is 0 Å². The Labute approximate surface area is 150 Å². The first-order valence-corrected chi connectivity index (χ1v) is 9.39. The van der Waals surface area contributed by atoms with Crippen LogP contribution in [0.3, 0.4) is 0 Å². The summed E-state index contributed by atoms with van der Waals surface area (Å²) in [5.41, 5.74) is 1.62. The van der Waals surface area contributed by atoms with Crippen molar-refractivity contribution in [2.45, 2.75) is 83.3 Å². The fourth-order valence-electron chi connectivity index (χ4n) is 3.80. The summed E-state index contributed by atoms with van der Waals surface area (Å²) in [7, 11) is 0. The van der Waals surface area contributed by atoms with E-state index in [-0.39, 0.29) is 29.8 Å². The van der Waals surface area contributed by atoms with Gasteiger partial charge in [-0.1, -0.05) is 25.1 Å². The number of amides is 2. The Morgan fingerprint density at radius 2 is 1.92 bits per heavy atom. The minimum absolute atomic E-state index is 0.0541. The molecule has 2 N–H and O–H groups in total. The minimum Gasteiger partial charge on any atom is -0.393 e. The van der Waals surface area contributed by atoms with Crippen LogP contribution in [0.5, 0.6) is 0 Å². The maximum Gasteiger partial charge on any atom is 0.322 e. The first-order valence-electron chi connectivity index (χ1n) is 9.39. The van der Waals surface area contributed by atoms with Crippen molar-refractivity contribution in [1.29, 1.82) is 0 Å². The summed E-state index contributed by atoms with van der Waals surface area (Å²) in [6.45, 7) is 6.73. The van der Waals surface area contributed by atoms with Gasteiger partial charge < -0.3 is 20.1 Å². The number of aliphatic hydroxyl groups excluding tert-OH is 1. The van der Waals surface area contributed by atoms with Crippen LogP contribution in [0.1, 0.15) is 58.4 Å². The van der Waals surface area contributed by atoms with Gasteiger partial charge >= 0.3 is 6.03 Å². The molecule has 3 rings (SSSR count). The zero-order chi connectivity index (χ0) is 18.0. The normalized spacial score (nSPS) is 25.9. The average molecular weight is 346 g/mol. The van der Waals surface area contributed by atoms with Gasteiger partial charge in [0.15, 0.2) is 0 Å². The van der Waals surface area contributed by atoms with Gasteiger partial charge in [-0.2, -0.15) is 0 Å². The number of para-hydroxylation sites is 1. The fraction of sp³-hybridized carbons (Fsp3) is 0.650. The third-order valence-corrected chi connectivity index (χ3v) is 5.67. The van der Waals surface area contributed by atoms with E-state index in [0.29, 0.717) is 19.4 Å². The summed E-state index contributed by atoms with van der Waals surface area (Å²) in [4.78, 5) is 14.8. The lowest BCUT2D eigenvalue weighted by Gasteiger charge is -2.37. The molecule has 2 amide bonds. The van der Waals surface area contributed by atoms with E-state index in [2.05, 4.69) is 26.1 Å². The molecule has 2 atom stereocenters. The highest BCUT2D eigenvalue weighted by molar-refractivity contribution is 5.90. The van der Waals surface area contributed by atoms with Crippen LogP contribution < -0.4 is 5.32 Å². The number of carbonyl (C=O) groups is 1. The van der Waals surface area contributed by atoms with E-state index in [4.69, 9.17) is 4.74 Å². The summed E-state index contributed by atoms with van der Waals surface area (Å²) in [6, 6.07) is 8.09. The van der Waals surface area contributed by atoms with Crippen LogP contribution in [0, 0.1) is 0 Å². The predicted octanol–water partition coefficient (Wildman–Crippen LogP) is 3.91. The van der Waals surface area contributed by atoms with E-state index in [1.807, 2.05) is 29.2 Å². The highest BCUT2D eigenvalue weighted by Gasteiger charge is 2.42. The van der Waals surface area contributed by atoms with Crippen LogP contribution in [0.15, 0.2) is 24.3 Å². The minimum atomic E-state index is -0.265. The number of fused-ring (bicyclic) bond motifs is 2. The Morgan fingerprint density at radius 1 is 1.28 bits per heavy atom. The van der Waals surface area contributed by atoms with Crippen molar-refractivity contribution < 1.29 is 14.6 Å². The van der Waals surface area contributed by atoms with Gasteiger partial charge in [-0.25, -0.2) is 4.79 Å². The number of urea groups is 1. The van der Waals surface area contributed by atoms with Gasteiger partial charge in [0.25, 0.3) is 0 Å². The Balaban J connectivity index is 1.68. The molecule has 2 heterocycles. The largest absolute Gasteiger partial charge is 0.393 e. The SMILES string of the molecule is CCC(C)(C)OCc1ccccc1NC(=O)N1C2CCC1CC(O)C2. The number of hydrogen-bond acceptors (Lipinski definition) is 3. The molecule has 1 aromatic carbocycles. The van der Waals surface area contributed by atoms with Crippen LogP contribution in [0.4, 0.5) is 10.5 Å². The quantitative estimate of drug-likeness (QED) is 0.850. The number of hydrogen-bond donors (Lipinski definition) is 2. The monoisotopic (exact) mass is 346 g/mol. The van der Waals surface area contributed by atoms with Crippen molar-refractivity contribution >= 4 is 11.7 Å². The number of nitrogens with one attached hydrogen (secondary N) is 1. The summed E-state index contributed by atoms with van der Waals surface area (Å²) in [5, 5.41) is 13.0. The number of benzene rings is 1. The number of carbonyl (C=O) groups excluding carboxylic acids is 1. The fourth-order valence-corrected chi connectivity index (χ4v) is 3.80. The number of piperidine rings is 1. The van der Waals surface area contributed by atoms with Gasteiger partial charge in [0.1, 0.15) is 0 Å². The van der Waals surface area contributed by atoms with Crippen LogP contribution >= 0.6 is 0 Å². The van der Waals surface area contributed by atoms with Crippen LogP contribution in [-0.2, 0) is 11.3 Å². The van der Waals surface area contributed by atoms with Gasteiger partial charge in [0.05, 0.1) is 18.3 Å². The molecule has 0 aromatic heterocycles. The molecule has 0 aliphatic carbocycles. The number of anilines is 1. The molecule has 2 unspecified atom stereocenters. The van der Waals surface area contributed by atoms with E-state index < -0.39 is 0 Å². The molecule has 2 fully saturated rings. The molecule has 2 saturated heterocycles. The Morgan fingerprint density at radius 3 is 2.56 bits per heavy atom. The van der Waals surface area contributed by atoms with Crippen molar-refractivity contribution in [3.05, 3.63) is 29.8 Å². The molecule has 2 aliphatic heterocycles. The molecule has 2 aliphatic rings. The van der Waals surface area contributed by atoms with Crippen molar-refractivity contribution in [3.63, 3.8) is 0 Å². The number of aliphatic hydroxyl groups is 1. The van der Waals surface area contributed by atoms with E-state index in [9.17, 15) is 9.90 Å². The lowest BCUT2D eigenvalue weighted by atomic mass is 10.0. The molecule has 0 radical (unpaired) electrons. The molecule has 25 heavy (non-hydrogen) atoms. The smallest absolute Gasteiger partial charge is 0.322 e. The van der Waals surface area contributed by atoms with Gasteiger partial charge in [-0.05, 0) is 52.0 Å². The van der Waals surface area contributed by atoms with Gasteiger partial charge in [0.2, 0.25) is 0 Å². The molecule has 1 aromatic rings. The number of rotatable bonds is 5. The summed E-state index contributed by atoms with van der Waals surface area (Å²) < 4.78 is 6.00. The van der Waals surface area contributed by atoms with Gasteiger partial charge in [0, 0.05) is 23.3 Å². The van der Waals surface area contributed by atoms with Crippen LogP contribution in [0.2, 0.25) is 0 Å². The van der Waals surface area contributed by atoms with Crippen LogP contribution in [-0.4, -0.2) is 39.8 Å². The maximum atomic E-state index is 12.8. The second-order valence-corrected chi connectivity index (χ2v) is 7.91. The lowest BCUT2D eigenvalue weighted by Crippen LogP contribution is -2.49. The van der Waals surface area contributed by atoms with Crippen LogP contribution in [0.25, 0.3) is 0 Å². The summed E-state index contributed by atoms with van der Waals surface area (Å²) in [5.74, 6) is 0. The zero-order valence-corrected chi connectivity index (χ0v) is 15.5. The Hall–Kier alpha value is -1.59. The van der Waals surface area contributed by atoms with E-state index in [0.717, 1.165) is 30.5 Å². The third kappa shape index (κ3) is 4.15. The molecule has 138 valence electrons. The Kier molecular flexibility index (Phi) is 5.35. The maximum absolute atomic E-state index is 12.8. The molecule has 2 bridgehead atoms. The molecule has 5 heteroatoms. The van der Waals surface area contributed by atoms with E-state index in [1.165, 1.54) is 0 Å². The second-order valence-electron chi connectivity index (χ2n) is 7.91. The summed E-state index contributed by atoms with van der Waals surface area (Å²) >= 11 is 0. The van der Waals surface area contributed by atoms with Crippen molar-refractivity contribution in [3.8, 4) is 0 Å². The first-order chi connectivity index (χ1) is 11.9. The van der Waals surface area contributed by atoms with Crippen molar-refractivity contribution in [1.82, 2.24) is 4.90 Å². The lowest BCUT2D eigenvalue weighted by molar-refractivity contribution is -0.0313. The first kappa shape index (κ1) is 18.2. The second kappa shape index (κ2) is 7.34. The summed E-state index contributed by atoms with van der Waals surface area (Å²) in [6.07, 6.45) is 4.04. The highest BCUT2D eigenvalue weighted by atomic mass is 16.5. The topological polar surface area (TPSA) is 61.8 Å². The predicted molar refractivity (Wildman–Crippen MR) is 98.5 cm³/mol. The third-order valence-electron chi connectivity index (χ3n) is 5.67. The van der Waals surface area contributed by atoms with Crippen molar-refractivity contribution in [2.24, 2.45) is 0 Å². The standard InChI is InChI=1S/C20H30N2O3/c1-4-20(2,3)25-13-14-7-5-6-8-18(14)21-19(24)22-15-9-10-16(22)12-17(23)11-15/h5-8,15-17,23H,4,9-13H2,1-3H3,(H,21,24). The Bertz CT molecular complexity index is 603. The number of ether oxygens (including phenoxy) is 1. The highest BCUT2D eigenvalue weighted by Crippen LogP contribution is 2.36. The average Bonchev–Trinajstić information content (AvgIpc) is 2.86. The van der Waals surface area contributed by atoms with E-state index >= 15 is 0 Å².